The van der Waals surface area contributed by atoms with Crippen LogP contribution >= 0.6 is 23.3 Å². The summed E-state index contributed by atoms with van der Waals surface area (Å²) in [5.74, 6) is -10.1. The van der Waals surface area contributed by atoms with Crippen molar-refractivity contribution in [2.75, 3.05) is 0 Å². The first-order chi connectivity index (χ1) is 10.8. The minimum absolute atomic E-state index is 0.133. The quantitative estimate of drug-likeness (QED) is 0.331. The van der Waals surface area contributed by atoms with Crippen molar-refractivity contribution in [2.45, 2.75) is 13.8 Å². The summed E-state index contributed by atoms with van der Waals surface area (Å²) in [6.07, 6.45) is 0. The molecule has 0 saturated carbocycles. The highest BCUT2D eigenvalue weighted by Gasteiger charge is 2.30. The van der Waals surface area contributed by atoms with Crippen molar-refractivity contribution in [1.29, 1.82) is 0 Å². The van der Waals surface area contributed by atoms with Crippen LogP contribution < -0.4 is 0 Å². The fraction of sp³-hybridized carbons (Fsp3) is 0.143. The van der Waals surface area contributed by atoms with Crippen LogP contribution in [0.4, 0.5) is 22.0 Å². The summed E-state index contributed by atoms with van der Waals surface area (Å²) in [5.41, 5.74) is -0.0902. The number of aromatic nitrogens is 2. The molecule has 0 unspecified atom stereocenters. The lowest BCUT2D eigenvalue weighted by atomic mass is 9.95. The number of hydrogen-bond acceptors (Lipinski definition) is 3. The maximum Gasteiger partial charge on any atom is 0.200 e. The molecule has 0 fully saturated rings. The van der Waals surface area contributed by atoms with Crippen molar-refractivity contribution < 1.29 is 22.0 Å². The van der Waals surface area contributed by atoms with Gasteiger partial charge in [0.1, 0.15) is 11.0 Å². The maximum atomic E-state index is 14.1. The zero-order chi connectivity index (χ0) is 17.0. The molecule has 1 aromatic heterocycles. The van der Waals surface area contributed by atoms with Gasteiger partial charge in [0.05, 0.1) is 22.3 Å². The lowest BCUT2D eigenvalue weighted by molar-refractivity contribution is 0.381. The minimum Gasteiger partial charge on any atom is -0.203 e. The second-order valence-electron chi connectivity index (χ2n) is 4.85. The van der Waals surface area contributed by atoms with Crippen molar-refractivity contribution in [3.05, 3.63) is 45.2 Å². The predicted molar refractivity (Wildman–Crippen MR) is 77.1 cm³/mol. The van der Waals surface area contributed by atoms with Crippen molar-refractivity contribution in [1.82, 2.24) is 8.75 Å². The molecule has 3 aromatic rings. The molecule has 0 aliphatic carbocycles. The van der Waals surface area contributed by atoms with E-state index in [4.69, 9.17) is 11.6 Å². The van der Waals surface area contributed by atoms with E-state index < -0.39 is 34.6 Å². The first-order valence-corrected chi connectivity index (χ1v) is 7.30. The molecule has 0 N–H and O–H groups in total. The van der Waals surface area contributed by atoms with Crippen LogP contribution in [0.5, 0.6) is 0 Å². The van der Waals surface area contributed by atoms with E-state index in [9.17, 15) is 22.0 Å². The third kappa shape index (κ3) is 2.12. The molecule has 0 atom stereocenters. The van der Waals surface area contributed by atoms with Gasteiger partial charge in [0, 0.05) is 5.56 Å². The lowest BCUT2D eigenvalue weighted by Crippen LogP contribution is -2.06. The molecule has 0 amide bonds. The largest absolute Gasteiger partial charge is 0.203 e. The van der Waals surface area contributed by atoms with Crippen LogP contribution in [-0.2, 0) is 0 Å². The number of aryl methyl sites for hydroxylation is 2. The summed E-state index contributed by atoms with van der Waals surface area (Å²) in [6.45, 7) is 2.96. The Morgan fingerprint density at radius 1 is 0.696 bits per heavy atom. The Morgan fingerprint density at radius 2 is 1.13 bits per heavy atom. The summed E-state index contributed by atoms with van der Waals surface area (Å²) in [6, 6.07) is 0. The zero-order valence-corrected chi connectivity index (χ0v) is 13.1. The van der Waals surface area contributed by atoms with Crippen LogP contribution in [0, 0.1) is 42.9 Å². The van der Waals surface area contributed by atoms with E-state index in [2.05, 4.69) is 8.75 Å². The minimum atomic E-state index is -2.22. The number of fused-ring (bicyclic) bond motifs is 1. The Bertz CT molecular complexity index is 941. The van der Waals surface area contributed by atoms with Gasteiger partial charge in [-0.15, -0.1) is 0 Å². The molecule has 0 aliphatic heterocycles. The van der Waals surface area contributed by atoms with Crippen LogP contribution in [0.2, 0.25) is 5.02 Å². The van der Waals surface area contributed by atoms with E-state index in [1.165, 1.54) is 13.8 Å². The number of rotatable bonds is 1. The fourth-order valence-electron chi connectivity index (χ4n) is 2.38. The van der Waals surface area contributed by atoms with Gasteiger partial charge < -0.3 is 0 Å². The molecule has 3 rings (SSSR count). The lowest BCUT2D eigenvalue weighted by Gasteiger charge is -2.14. The van der Waals surface area contributed by atoms with Gasteiger partial charge in [-0.3, -0.25) is 0 Å². The summed E-state index contributed by atoms with van der Waals surface area (Å²) >= 11 is 6.98. The van der Waals surface area contributed by atoms with Gasteiger partial charge in [-0.25, -0.2) is 22.0 Å². The number of benzene rings is 2. The summed E-state index contributed by atoms with van der Waals surface area (Å²) in [7, 11) is 0. The second-order valence-corrected chi connectivity index (χ2v) is 5.75. The highest BCUT2D eigenvalue weighted by molar-refractivity contribution is 7.00. The van der Waals surface area contributed by atoms with Crippen molar-refractivity contribution in [3.63, 3.8) is 0 Å². The van der Waals surface area contributed by atoms with Crippen molar-refractivity contribution >= 4 is 34.4 Å². The summed E-state index contributed by atoms with van der Waals surface area (Å²) < 4.78 is 76.4. The Kier molecular flexibility index (Phi) is 3.76. The van der Waals surface area contributed by atoms with Crippen LogP contribution in [0.15, 0.2) is 0 Å². The molecule has 120 valence electrons. The van der Waals surface area contributed by atoms with Gasteiger partial charge >= 0.3 is 0 Å². The second kappa shape index (κ2) is 5.38. The third-order valence-electron chi connectivity index (χ3n) is 3.58. The van der Waals surface area contributed by atoms with E-state index in [1.807, 2.05) is 0 Å². The standard InChI is InChI=1S/C14H6ClF5N2S/c1-3-5(7(15)4(2)14-13(3)21-23-22-14)6-8(16)10(18)12(20)11(19)9(6)17/h1-2H3. The molecule has 2 aromatic carbocycles. The Labute approximate surface area is 135 Å². The average molecular weight is 365 g/mol. The van der Waals surface area contributed by atoms with E-state index >= 15 is 0 Å². The van der Waals surface area contributed by atoms with E-state index in [-0.39, 0.29) is 16.1 Å². The molecule has 9 heteroatoms. The van der Waals surface area contributed by atoms with E-state index in [0.717, 1.165) is 11.7 Å². The van der Waals surface area contributed by atoms with Crippen LogP contribution in [0.25, 0.3) is 22.2 Å². The van der Waals surface area contributed by atoms with Gasteiger partial charge in [0.25, 0.3) is 0 Å². The van der Waals surface area contributed by atoms with Gasteiger partial charge in [0.2, 0.25) is 5.82 Å². The number of nitrogens with zero attached hydrogens (tertiary/aromatic N) is 2. The molecule has 23 heavy (non-hydrogen) atoms. The highest BCUT2D eigenvalue weighted by Crippen LogP contribution is 2.42. The predicted octanol–water partition coefficient (Wildman–Crippen LogP) is 5.32. The SMILES string of the molecule is Cc1c(Cl)c(-c2c(F)c(F)c(F)c(F)c2F)c(C)c2nsnc12. The average Bonchev–Trinajstić information content (AvgIpc) is 3.02. The van der Waals surface area contributed by atoms with E-state index in [1.54, 1.807) is 0 Å². The van der Waals surface area contributed by atoms with Crippen LogP contribution in [0.1, 0.15) is 11.1 Å². The molecule has 0 saturated heterocycles. The Morgan fingerprint density at radius 3 is 1.65 bits per heavy atom. The molecule has 2 nitrogen and oxygen atoms in total. The zero-order valence-electron chi connectivity index (χ0n) is 11.6. The van der Waals surface area contributed by atoms with Gasteiger partial charge in [-0.05, 0) is 25.0 Å². The highest BCUT2D eigenvalue weighted by atomic mass is 35.5. The van der Waals surface area contributed by atoms with Crippen LogP contribution in [-0.4, -0.2) is 8.75 Å². The molecular weight excluding hydrogens is 359 g/mol. The van der Waals surface area contributed by atoms with E-state index in [0.29, 0.717) is 16.6 Å². The topological polar surface area (TPSA) is 25.8 Å². The van der Waals surface area contributed by atoms with Gasteiger partial charge in [-0.2, -0.15) is 8.75 Å². The molecule has 0 bridgehead atoms. The summed E-state index contributed by atoms with van der Waals surface area (Å²) in [4.78, 5) is 0. The number of hydrogen-bond donors (Lipinski definition) is 0. The Hall–Kier alpha value is -1.80. The molecular formula is C14H6ClF5N2S. The van der Waals surface area contributed by atoms with Crippen LogP contribution in [0.3, 0.4) is 0 Å². The third-order valence-corrected chi connectivity index (χ3v) is 4.58. The molecule has 0 aliphatic rings. The first-order valence-electron chi connectivity index (χ1n) is 6.20. The smallest absolute Gasteiger partial charge is 0.200 e. The molecule has 0 spiro atoms. The first kappa shape index (κ1) is 16.1. The number of halogens is 6. The monoisotopic (exact) mass is 364 g/mol. The Balaban J connectivity index is 2.53. The van der Waals surface area contributed by atoms with Gasteiger partial charge in [-0.1, -0.05) is 11.6 Å². The maximum absolute atomic E-state index is 14.1. The normalized spacial score (nSPS) is 11.5. The van der Waals surface area contributed by atoms with Gasteiger partial charge in [0.15, 0.2) is 23.3 Å². The van der Waals surface area contributed by atoms with Crippen molar-refractivity contribution in [2.24, 2.45) is 0 Å². The molecule has 0 radical (unpaired) electrons. The molecule has 1 heterocycles. The summed E-state index contributed by atoms with van der Waals surface area (Å²) in [5, 5.41) is -0.133. The van der Waals surface area contributed by atoms with Crippen molar-refractivity contribution in [3.8, 4) is 11.1 Å². The fourth-order valence-corrected chi connectivity index (χ4v) is 3.35.